The van der Waals surface area contributed by atoms with Crippen LogP contribution in [0.25, 0.3) is 11.1 Å². The first-order valence-corrected chi connectivity index (χ1v) is 5.95. The highest BCUT2D eigenvalue weighted by molar-refractivity contribution is 5.94. The fourth-order valence-corrected chi connectivity index (χ4v) is 1.81. The largest absolute Gasteiger partial charge is 0.465 e. The molecule has 102 valence electrons. The number of amides is 1. The molecule has 0 bridgehead atoms. The van der Waals surface area contributed by atoms with E-state index in [2.05, 4.69) is 10.2 Å². The Kier molecular flexibility index (Phi) is 4.12. The molecule has 2 rings (SSSR count). The van der Waals surface area contributed by atoms with Crippen molar-refractivity contribution >= 4 is 11.9 Å². The van der Waals surface area contributed by atoms with Crippen molar-refractivity contribution in [2.45, 2.75) is 0 Å². The number of carbonyl (C=O) groups excluding carboxylic acids is 2. The summed E-state index contributed by atoms with van der Waals surface area (Å²) in [6.45, 7) is 0. The number of hydrogen-bond acceptors (Lipinski definition) is 4. The zero-order chi connectivity index (χ0) is 14.5. The average Bonchev–Trinajstić information content (AvgIpc) is 2.53. The molecule has 0 saturated carbocycles. The van der Waals surface area contributed by atoms with Crippen molar-refractivity contribution in [3.63, 3.8) is 0 Å². The monoisotopic (exact) mass is 270 g/mol. The van der Waals surface area contributed by atoms with Gasteiger partial charge in [0, 0.05) is 5.56 Å². The fraction of sp³-hybridized carbons (Fsp3) is 0.0667. The molecule has 20 heavy (non-hydrogen) atoms. The highest BCUT2D eigenvalue weighted by Crippen LogP contribution is 2.20. The summed E-state index contributed by atoms with van der Waals surface area (Å²) < 4.78 is 4.64. The third kappa shape index (κ3) is 2.84. The first-order valence-electron chi connectivity index (χ1n) is 5.95. The predicted molar refractivity (Wildman–Crippen MR) is 74.9 cm³/mol. The summed E-state index contributed by atoms with van der Waals surface area (Å²) in [6.07, 6.45) is 0. The lowest BCUT2D eigenvalue weighted by Gasteiger charge is -2.05. The molecule has 0 aromatic heterocycles. The molecule has 1 amide bonds. The number of benzene rings is 2. The van der Waals surface area contributed by atoms with Crippen molar-refractivity contribution < 1.29 is 14.3 Å². The molecule has 2 aromatic carbocycles. The van der Waals surface area contributed by atoms with Gasteiger partial charge in [-0.15, -0.1) is 0 Å². The van der Waals surface area contributed by atoms with Gasteiger partial charge < -0.3 is 4.74 Å². The topological polar surface area (TPSA) is 81.4 Å². The second-order valence-corrected chi connectivity index (χ2v) is 4.12. The highest BCUT2D eigenvalue weighted by Gasteiger charge is 2.06. The van der Waals surface area contributed by atoms with E-state index >= 15 is 0 Å². The summed E-state index contributed by atoms with van der Waals surface area (Å²) in [6, 6.07) is 14.0. The van der Waals surface area contributed by atoms with E-state index in [1.54, 1.807) is 24.3 Å². The van der Waals surface area contributed by atoms with Crippen LogP contribution in [0.1, 0.15) is 20.7 Å². The second kappa shape index (κ2) is 5.99. The van der Waals surface area contributed by atoms with E-state index < -0.39 is 0 Å². The Hall–Kier alpha value is -2.66. The number of hydrazine groups is 1. The van der Waals surface area contributed by atoms with Crippen LogP contribution in [0, 0.1) is 0 Å². The molecule has 0 atom stereocenters. The molecule has 5 heteroatoms. The standard InChI is InChI=1S/C15H14N2O3/c1-20-15(19)13-8-4-11(5-9-13)10-2-6-12(7-3-10)14(18)17-16/h2-9H,16H2,1H3,(H,17,18). The van der Waals surface area contributed by atoms with Crippen molar-refractivity contribution in [2.24, 2.45) is 5.84 Å². The number of rotatable bonds is 3. The van der Waals surface area contributed by atoms with Crippen molar-refractivity contribution in [3.05, 3.63) is 59.7 Å². The maximum absolute atomic E-state index is 11.3. The van der Waals surface area contributed by atoms with Crippen LogP contribution in [0.2, 0.25) is 0 Å². The SMILES string of the molecule is COC(=O)c1ccc(-c2ccc(C(=O)NN)cc2)cc1. The first kappa shape index (κ1) is 13.8. The van der Waals surface area contributed by atoms with Crippen LogP contribution in [0.4, 0.5) is 0 Å². The number of carbonyl (C=O) groups is 2. The molecule has 0 aliphatic heterocycles. The summed E-state index contributed by atoms with van der Waals surface area (Å²) in [7, 11) is 1.34. The van der Waals surface area contributed by atoms with Crippen LogP contribution in [0.5, 0.6) is 0 Å². The third-order valence-corrected chi connectivity index (χ3v) is 2.92. The quantitative estimate of drug-likeness (QED) is 0.385. The normalized spacial score (nSPS) is 9.90. The number of nitrogens with two attached hydrogens (primary N) is 1. The van der Waals surface area contributed by atoms with E-state index in [1.807, 2.05) is 24.3 Å². The van der Waals surface area contributed by atoms with Crippen LogP contribution >= 0.6 is 0 Å². The zero-order valence-electron chi connectivity index (χ0n) is 10.9. The molecule has 0 spiro atoms. The van der Waals surface area contributed by atoms with Gasteiger partial charge in [0.15, 0.2) is 0 Å². The van der Waals surface area contributed by atoms with Gasteiger partial charge >= 0.3 is 5.97 Å². The minimum absolute atomic E-state index is 0.336. The molecule has 0 unspecified atom stereocenters. The van der Waals surface area contributed by atoms with Gasteiger partial charge in [0.05, 0.1) is 12.7 Å². The Morgan fingerprint density at radius 1 is 0.900 bits per heavy atom. The Balaban J connectivity index is 2.23. The number of ether oxygens (including phenoxy) is 1. The number of nitrogen functional groups attached to an aromatic ring is 1. The van der Waals surface area contributed by atoms with Crippen LogP contribution in [0.3, 0.4) is 0 Å². The van der Waals surface area contributed by atoms with Crippen molar-refractivity contribution in [1.82, 2.24) is 5.43 Å². The zero-order valence-corrected chi connectivity index (χ0v) is 10.9. The van der Waals surface area contributed by atoms with Gasteiger partial charge in [0.1, 0.15) is 0 Å². The molecule has 0 radical (unpaired) electrons. The molecule has 5 nitrogen and oxygen atoms in total. The third-order valence-electron chi connectivity index (χ3n) is 2.92. The minimum Gasteiger partial charge on any atom is -0.465 e. The van der Waals surface area contributed by atoms with Gasteiger partial charge in [-0.3, -0.25) is 10.2 Å². The van der Waals surface area contributed by atoms with Crippen LogP contribution in [-0.2, 0) is 4.74 Å². The Labute approximate surface area is 116 Å². The van der Waals surface area contributed by atoms with E-state index in [-0.39, 0.29) is 11.9 Å². The van der Waals surface area contributed by atoms with E-state index in [9.17, 15) is 9.59 Å². The minimum atomic E-state index is -0.369. The summed E-state index contributed by atoms with van der Waals surface area (Å²) >= 11 is 0. The summed E-state index contributed by atoms with van der Waals surface area (Å²) in [5, 5.41) is 0. The highest BCUT2D eigenvalue weighted by atomic mass is 16.5. The summed E-state index contributed by atoms with van der Waals surface area (Å²) in [4.78, 5) is 22.7. The van der Waals surface area contributed by atoms with E-state index in [4.69, 9.17) is 5.84 Å². The second-order valence-electron chi connectivity index (χ2n) is 4.12. The van der Waals surface area contributed by atoms with E-state index in [1.165, 1.54) is 7.11 Å². The lowest BCUT2D eigenvalue weighted by molar-refractivity contribution is 0.0600. The molecule has 3 N–H and O–H groups in total. The lowest BCUT2D eigenvalue weighted by Crippen LogP contribution is -2.29. The Morgan fingerprint density at radius 2 is 1.35 bits per heavy atom. The molecule has 0 saturated heterocycles. The van der Waals surface area contributed by atoms with Crippen LogP contribution < -0.4 is 11.3 Å². The Morgan fingerprint density at radius 3 is 1.75 bits per heavy atom. The van der Waals surface area contributed by atoms with Crippen molar-refractivity contribution in [3.8, 4) is 11.1 Å². The first-order chi connectivity index (χ1) is 9.65. The predicted octanol–water partition coefficient (Wildman–Crippen LogP) is 1.74. The van der Waals surface area contributed by atoms with E-state index in [0.29, 0.717) is 11.1 Å². The van der Waals surface area contributed by atoms with Crippen LogP contribution in [0.15, 0.2) is 48.5 Å². The molecular formula is C15H14N2O3. The average molecular weight is 270 g/mol. The van der Waals surface area contributed by atoms with Crippen molar-refractivity contribution in [2.75, 3.05) is 7.11 Å². The molecule has 0 heterocycles. The summed E-state index contributed by atoms with van der Waals surface area (Å²) in [5.74, 6) is 4.36. The van der Waals surface area contributed by atoms with Gasteiger partial charge in [-0.2, -0.15) is 0 Å². The van der Waals surface area contributed by atoms with Gasteiger partial charge in [-0.25, -0.2) is 10.6 Å². The Bertz CT molecular complexity index is 561. The van der Waals surface area contributed by atoms with Crippen LogP contribution in [-0.4, -0.2) is 19.0 Å². The fourth-order valence-electron chi connectivity index (χ4n) is 1.81. The smallest absolute Gasteiger partial charge is 0.337 e. The number of esters is 1. The molecule has 0 fully saturated rings. The molecule has 2 aromatic rings. The summed E-state index contributed by atoms with van der Waals surface area (Å²) in [5.41, 5.74) is 4.94. The van der Waals surface area contributed by atoms with Gasteiger partial charge in [-0.05, 0) is 35.4 Å². The molecule has 0 aliphatic carbocycles. The lowest BCUT2D eigenvalue weighted by atomic mass is 10.0. The number of nitrogens with one attached hydrogen (secondary N) is 1. The maximum Gasteiger partial charge on any atom is 0.337 e. The maximum atomic E-state index is 11.3. The molecule has 0 aliphatic rings. The number of hydrogen-bond donors (Lipinski definition) is 2. The van der Waals surface area contributed by atoms with Gasteiger partial charge in [-0.1, -0.05) is 24.3 Å². The molecular weight excluding hydrogens is 256 g/mol. The van der Waals surface area contributed by atoms with E-state index in [0.717, 1.165) is 11.1 Å². The van der Waals surface area contributed by atoms with Gasteiger partial charge in [0.25, 0.3) is 5.91 Å². The number of methoxy groups -OCH3 is 1. The van der Waals surface area contributed by atoms with Crippen molar-refractivity contribution in [1.29, 1.82) is 0 Å². The van der Waals surface area contributed by atoms with Gasteiger partial charge in [0.2, 0.25) is 0 Å².